The number of unbranched alkanes of at least 4 members (excludes halogenated alkanes) is 1. The van der Waals surface area contributed by atoms with Crippen molar-refractivity contribution in [2.45, 2.75) is 50.6 Å². The lowest BCUT2D eigenvalue weighted by Crippen LogP contribution is -2.53. The summed E-state index contributed by atoms with van der Waals surface area (Å²) in [5.74, 6) is -0.214. The molecular weight excluding hydrogens is 666 g/mol. The van der Waals surface area contributed by atoms with Gasteiger partial charge in [0.05, 0.1) is 17.7 Å². The van der Waals surface area contributed by atoms with Gasteiger partial charge in [0.15, 0.2) is 0 Å². The Morgan fingerprint density at radius 3 is 2.22 bits per heavy atom. The van der Waals surface area contributed by atoms with Crippen LogP contribution in [0.25, 0.3) is 0 Å². The van der Waals surface area contributed by atoms with Crippen LogP contribution < -0.4 is 14.4 Å². The first-order valence-electron chi connectivity index (χ1n) is 15.2. The number of carbonyl (C=O) groups is 2. The predicted molar refractivity (Wildman–Crippen MR) is 185 cm³/mol. The summed E-state index contributed by atoms with van der Waals surface area (Å²) in [5, 5.41) is 3.01. The summed E-state index contributed by atoms with van der Waals surface area (Å²) in [5.41, 5.74) is 2.85. The molecule has 0 saturated carbocycles. The molecule has 0 bridgehead atoms. The zero-order chi connectivity index (χ0) is 33.1. The molecule has 1 atom stereocenters. The number of anilines is 1. The van der Waals surface area contributed by atoms with E-state index in [1.54, 1.807) is 49.6 Å². The van der Waals surface area contributed by atoms with Crippen LogP contribution in [0.3, 0.4) is 0 Å². The van der Waals surface area contributed by atoms with Gasteiger partial charge in [-0.05, 0) is 73.0 Å². The highest BCUT2D eigenvalue weighted by Crippen LogP contribution is 2.27. The highest BCUT2D eigenvalue weighted by Gasteiger charge is 2.34. The molecule has 242 valence electrons. The third-order valence-corrected chi connectivity index (χ3v) is 9.91. The molecule has 4 aromatic carbocycles. The fourth-order valence-electron chi connectivity index (χ4n) is 5.00. The van der Waals surface area contributed by atoms with Crippen LogP contribution in [0.5, 0.6) is 5.75 Å². The molecule has 1 N–H and O–H groups in total. The first kappa shape index (κ1) is 34.7. The van der Waals surface area contributed by atoms with Gasteiger partial charge >= 0.3 is 0 Å². The summed E-state index contributed by atoms with van der Waals surface area (Å²) in [6, 6.07) is 29.1. The van der Waals surface area contributed by atoms with Crippen LogP contribution in [0.4, 0.5) is 5.69 Å². The molecule has 0 spiro atoms. The number of sulfonamides is 1. The van der Waals surface area contributed by atoms with Gasteiger partial charge < -0.3 is 15.0 Å². The Morgan fingerprint density at radius 2 is 1.57 bits per heavy atom. The lowest BCUT2D eigenvalue weighted by atomic mass is 10.0. The molecule has 46 heavy (non-hydrogen) atoms. The number of hydrogen-bond donors (Lipinski definition) is 1. The average Bonchev–Trinajstić information content (AvgIpc) is 3.06. The molecule has 0 aromatic heterocycles. The number of amides is 2. The highest BCUT2D eigenvalue weighted by atomic mass is 79.9. The Kier molecular flexibility index (Phi) is 12.4. The first-order chi connectivity index (χ1) is 22.1. The van der Waals surface area contributed by atoms with Crippen LogP contribution >= 0.6 is 15.9 Å². The lowest BCUT2D eigenvalue weighted by Gasteiger charge is -2.34. The zero-order valence-corrected chi connectivity index (χ0v) is 28.8. The van der Waals surface area contributed by atoms with E-state index in [-0.39, 0.29) is 23.8 Å². The molecule has 2 amide bonds. The monoisotopic (exact) mass is 705 g/mol. The second kappa shape index (κ2) is 16.4. The molecule has 10 heteroatoms. The predicted octanol–water partition coefficient (Wildman–Crippen LogP) is 6.52. The van der Waals surface area contributed by atoms with Crippen molar-refractivity contribution in [3.05, 3.63) is 124 Å². The molecule has 8 nitrogen and oxygen atoms in total. The van der Waals surface area contributed by atoms with E-state index < -0.39 is 28.5 Å². The molecule has 4 rings (SSSR count). The SMILES string of the molecule is CCCCNC(=O)[C@@H](Cc1ccccc1)N(Cc1cccc(OC)c1)C(=O)CN(c1ccc(Br)cc1)S(=O)(=O)c1ccc(C)cc1. The van der Waals surface area contributed by atoms with Crippen molar-refractivity contribution in [2.24, 2.45) is 0 Å². The summed E-state index contributed by atoms with van der Waals surface area (Å²) >= 11 is 3.42. The minimum Gasteiger partial charge on any atom is -0.497 e. The van der Waals surface area contributed by atoms with Crippen molar-refractivity contribution in [2.75, 3.05) is 24.5 Å². The number of benzene rings is 4. The molecular formula is C36H40BrN3O5S. The Hall–Kier alpha value is -4.15. The fraction of sp³-hybridized carbons (Fsp3) is 0.278. The Bertz CT molecular complexity index is 1700. The number of ether oxygens (including phenoxy) is 1. The van der Waals surface area contributed by atoms with Gasteiger partial charge in [-0.15, -0.1) is 0 Å². The molecule has 0 aliphatic rings. The quantitative estimate of drug-likeness (QED) is 0.142. The van der Waals surface area contributed by atoms with Crippen LogP contribution in [0.15, 0.2) is 112 Å². The van der Waals surface area contributed by atoms with Crippen molar-refractivity contribution in [3.63, 3.8) is 0 Å². The van der Waals surface area contributed by atoms with E-state index >= 15 is 0 Å². The van der Waals surface area contributed by atoms with Gasteiger partial charge in [0.25, 0.3) is 10.0 Å². The van der Waals surface area contributed by atoms with Crippen LogP contribution in [0, 0.1) is 6.92 Å². The third-order valence-electron chi connectivity index (χ3n) is 7.59. The summed E-state index contributed by atoms with van der Waals surface area (Å²) in [7, 11) is -2.61. The minimum absolute atomic E-state index is 0.0614. The number of methoxy groups -OCH3 is 1. The fourth-order valence-corrected chi connectivity index (χ4v) is 6.68. The van der Waals surface area contributed by atoms with E-state index in [2.05, 4.69) is 21.2 Å². The van der Waals surface area contributed by atoms with Crippen molar-refractivity contribution in [1.82, 2.24) is 10.2 Å². The molecule has 0 fully saturated rings. The van der Waals surface area contributed by atoms with E-state index in [0.717, 1.165) is 38.3 Å². The Labute approximate surface area is 280 Å². The van der Waals surface area contributed by atoms with Gasteiger partial charge in [-0.2, -0.15) is 0 Å². The van der Waals surface area contributed by atoms with Crippen LogP contribution in [-0.2, 0) is 32.6 Å². The van der Waals surface area contributed by atoms with Gasteiger partial charge in [-0.1, -0.05) is 89.4 Å². The van der Waals surface area contributed by atoms with Gasteiger partial charge in [0.2, 0.25) is 11.8 Å². The van der Waals surface area contributed by atoms with Gasteiger partial charge in [-0.3, -0.25) is 13.9 Å². The normalized spacial score (nSPS) is 11.8. The minimum atomic E-state index is -4.17. The molecule has 0 aliphatic carbocycles. The summed E-state index contributed by atoms with van der Waals surface area (Å²) < 4.78 is 35.6. The lowest BCUT2D eigenvalue weighted by molar-refractivity contribution is -0.140. The number of aryl methyl sites for hydroxylation is 1. The van der Waals surface area contributed by atoms with Crippen molar-refractivity contribution >= 4 is 43.5 Å². The molecule has 0 saturated heterocycles. The number of hydrogen-bond acceptors (Lipinski definition) is 5. The molecule has 0 radical (unpaired) electrons. The largest absolute Gasteiger partial charge is 0.497 e. The van der Waals surface area contributed by atoms with Crippen LogP contribution in [-0.4, -0.2) is 51.4 Å². The number of nitrogens with one attached hydrogen (secondary N) is 1. The van der Waals surface area contributed by atoms with Crippen LogP contribution in [0.1, 0.15) is 36.5 Å². The number of nitrogens with zero attached hydrogens (tertiary/aromatic N) is 2. The first-order valence-corrected chi connectivity index (χ1v) is 17.4. The zero-order valence-electron chi connectivity index (χ0n) is 26.4. The maximum Gasteiger partial charge on any atom is 0.264 e. The number of rotatable bonds is 15. The maximum absolute atomic E-state index is 14.6. The summed E-state index contributed by atoms with van der Waals surface area (Å²) in [6.45, 7) is 3.93. The average molecular weight is 707 g/mol. The van der Waals surface area contributed by atoms with E-state index in [1.165, 1.54) is 17.0 Å². The topological polar surface area (TPSA) is 96.0 Å². The highest BCUT2D eigenvalue weighted by molar-refractivity contribution is 9.10. The molecule has 0 aliphatic heterocycles. The van der Waals surface area contributed by atoms with Crippen molar-refractivity contribution < 1.29 is 22.7 Å². The van der Waals surface area contributed by atoms with Crippen molar-refractivity contribution in [3.8, 4) is 5.75 Å². The van der Waals surface area contributed by atoms with E-state index in [1.807, 2.05) is 62.4 Å². The van der Waals surface area contributed by atoms with Crippen LogP contribution in [0.2, 0.25) is 0 Å². The van der Waals surface area contributed by atoms with Crippen molar-refractivity contribution in [1.29, 1.82) is 0 Å². The summed E-state index contributed by atoms with van der Waals surface area (Å²) in [4.78, 5) is 30.0. The smallest absolute Gasteiger partial charge is 0.264 e. The number of carbonyl (C=O) groups excluding carboxylic acids is 2. The standard InChI is InChI=1S/C36H40BrN3O5S/c1-4-5-22-38-36(42)34(24-28-10-7-6-8-11-28)39(25-29-12-9-13-32(23-29)45-3)35(41)26-40(31-18-16-30(37)17-19-31)46(43,44)33-20-14-27(2)15-21-33/h6-21,23,34H,4-5,22,24-26H2,1-3H3,(H,38,42)/t34-/m1/s1. The van der Waals surface area contributed by atoms with E-state index in [4.69, 9.17) is 4.74 Å². The second-order valence-corrected chi connectivity index (χ2v) is 13.8. The maximum atomic E-state index is 14.6. The second-order valence-electron chi connectivity index (χ2n) is 11.0. The number of halogens is 1. The summed E-state index contributed by atoms with van der Waals surface area (Å²) in [6.07, 6.45) is 1.94. The Morgan fingerprint density at radius 1 is 0.891 bits per heavy atom. The van der Waals surface area contributed by atoms with Gasteiger partial charge in [0, 0.05) is 24.0 Å². The third kappa shape index (κ3) is 9.20. The molecule has 0 unspecified atom stereocenters. The van der Waals surface area contributed by atoms with E-state index in [9.17, 15) is 18.0 Å². The van der Waals surface area contributed by atoms with E-state index in [0.29, 0.717) is 18.0 Å². The molecule has 4 aromatic rings. The Balaban J connectivity index is 1.79. The van der Waals surface area contributed by atoms with Gasteiger partial charge in [0.1, 0.15) is 18.3 Å². The molecule has 0 heterocycles. The van der Waals surface area contributed by atoms with Gasteiger partial charge in [-0.25, -0.2) is 8.42 Å².